The lowest BCUT2D eigenvalue weighted by Crippen LogP contribution is -2.42. The molecule has 0 atom stereocenters. The Labute approximate surface area is 142 Å². The van der Waals surface area contributed by atoms with Crippen LogP contribution in [0.5, 0.6) is 5.75 Å². The molecule has 0 bridgehead atoms. The van der Waals surface area contributed by atoms with Gasteiger partial charge in [-0.05, 0) is 45.6 Å². The van der Waals surface area contributed by atoms with Gasteiger partial charge in [-0.25, -0.2) is 4.79 Å². The van der Waals surface area contributed by atoms with Crippen LogP contribution in [0, 0.1) is 5.92 Å². The van der Waals surface area contributed by atoms with Gasteiger partial charge < -0.3 is 20.1 Å². The highest BCUT2D eigenvalue weighted by Gasteiger charge is 2.27. The summed E-state index contributed by atoms with van der Waals surface area (Å²) < 4.78 is 11.1. The highest BCUT2D eigenvalue weighted by Crippen LogP contribution is 2.21. The monoisotopic (exact) mass is 335 g/mol. The molecule has 0 aliphatic carbocycles. The summed E-state index contributed by atoms with van der Waals surface area (Å²) in [6, 6.07) is 3.24. The van der Waals surface area contributed by atoms with E-state index in [4.69, 9.17) is 15.2 Å². The lowest BCUT2D eigenvalue weighted by molar-refractivity contribution is 0.0165. The molecule has 1 aromatic heterocycles. The summed E-state index contributed by atoms with van der Waals surface area (Å²) in [7, 11) is 0. The number of nitrogens with two attached hydrogens (primary N) is 1. The molecule has 0 unspecified atom stereocenters. The number of primary amides is 1. The Morgan fingerprint density at radius 1 is 1.33 bits per heavy atom. The number of likely N-dealkylation sites (tertiary alicyclic amines) is 1. The van der Waals surface area contributed by atoms with Gasteiger partial charge in [-0.3, -0.25) is 9.78 Å². The fraction of sp³-hybridized carbons (Fsp3) is 0.588. The molecule has 0 aromatic carbocycles. The number of carbonyl (C=O) groups is 2. The van der Waals surface area contributed by atoms with Gasteiger partial charge in [-0.2, -0.15) is 0 Å². The van der Waals surface area contributed by atoms with Crippen molar-refractivity contribution in [3.63, 3.8) is 0 Å². The first-order chi connectivity index (χ1) is 11.2. The highest BCUT2D eigenvalue weighted by atomic mass is 16.6. The summed E-state index contributed by atoms with van der Waals surface area (Å²) in [5, 5.41) is 0. The maximum Gasteiger partial charge on any atom is 0.410 e. The van der Waals surface area contributed by atoms with E-state index >= 15 is 0 Å². The first-order valence-electron chi connectivity index (χ1n) is 8.11. The maximum absolute atomic E-state index is 12.0. The van der Waals surface area contributed by atoms with E-state index < -0.39 is 11.5 Å². The van der Waals surface area contributed by atoms with Crippen molar-refractivity contribution in [3.8, 4) is 5.75 Å². The summed E-state index contributed by atoms with van der Waals surface area (Å²) in [4.78, 5) is 28.8. The number of rotatable bonds is 4. The molecule has 132 valence electrons. The standard InChI is InChI=1S/C17H25N3O4/c1-17(2,3)24-16(22)20-8-5-12(6-9-20)11-23-13-4-7-19-14(10-13)15(18)21/h4,7,10,12H,5-6,8-9,11H2,1-3H3,(H2,18,21). The van der Waals surface area contributed by atoms with Crippen molar-refractivity contribution >= 4 is 12.0 Å². The number of pyridine rings is 1. The molecular weight excluding hydrogens is 310 g/mol. The van der Waals surface area contributed by atoms with Crippen molar-refractivity contribution in [2.24, 2.45) is 11.7 Å². The predicted octanol–water partition coefficient (Wildman–Crippen LogP) is 2.21. The number of carbonyl (C=O) groups excluding carboxylic acids is 2. The molecule has 2 N–H and O–H groups in total. The van der Waals surface area contributed by atoms with Crippen LogP contribution < -0.4 is 10.5 Å². The van der Waals surface area contributed by atoms with Gasteiger partial charge >= 0.3 is 6.09 Å². The zero-order chi connectivity index (χ0) is 17.7. The molecule has 0 radical (unpaired) electrons. The Morgan fingerprint density at radius 2 is 2.00 bits per heavy atom. The Bertz CT molecular complexity index is 590. The number of ether oxygens (including phenoxy) is 2. The molecule has 7 nitrogen and oxygen atoms in total. The van der Waals surface area contributed by atoms with Crippen LogP contribution in [-0.2, 0) is 4.74 Å². The minimum absolute atomic E-state index is 0.187. The van der Waals surface area contributed by atoms with Gasteiger partial charge in [0.2, 0.25) is 0 Å². The molecule has 2 rings (SSSR count). The largest absolute Gasteiger partial charge is 0.493 e. The summed E-state index contributed by atoms with van der Waals surface area (Å²) in [5.41, 5.74) is 4.91. The third-order valence-corrected chi connectivity index (χ3v) is 3.74. The van der Waals surface area contributed by atoms with Gasteiger partial charge in [0.05, 0.1) is 6.61 Å². The van der Waals surface area contributed by atoms with Crippen molar-refractivity contribution in [1.82, 2.24) is 9.88 Å². The number of nitrogens with zero attached hydrogens (tertiary/aromatic N) is 2. The van der Waals surface area contributed by atoms with Gasteiger partial charge in [0, 0.05) is 25.4 Å². The molecular formula is C17H25N3O4. The SMILES string of the molecule is CC(C)(C)OC(=O)N1CCC(COc2ccnc(C(N)=O)c2)CC1. The van der Waals surface area contributed by atoms with E-state index in [1.165, 1.54) is 12.3 Å². The molecule has 24 heavy (non-hydrogen) atoms. The molecule has 0 saturated carbocycles. The van der Waals surface area contributed by atoms with Crippen LogP contribution in [0.2, 0.25) is 0 Å². The summed E-state index contributed by atoms with van der Waals surface area (Å²) in [5.74, 6) is 0.355. The topological polar surface area (TPSA) is 94.8 Å². The highest BCUT2D eigenvalue weighted by molar-refractivity contribution is 5.91. The second-order valence-corrected chi connectivity index (χ2v) is 6.96. The Hall–Kier alpha value is -2.31. The van der Waals surface area contributed by atoms with Crippen LogP contribution in [0.15, 0.2) is 18.3 Å². The first kappa shape index (κ1) is 18.0. The fourth-order valence-corrected chi connectivity index (χ4v) is 2.46. The van der Waals surface area contributed by atoms with Crippen LogP contribution in [0.1, 0.15) is 44.1 Å². The molecule has 1 aromatic rings. The van der Waals surface area contributed by atoms with E-state index in [-0.39, 0.29) is 11.8 Å². The van der Waals surface area contributed by atoms with E-state index in [0.29, 0.717) is 31.4 Å². The molecule has 1 fully saturated rings. The average molecular weight is 335 g/mol. The van der Waals surface area contributed by atoms with E-state index in [9.17, 15) is 9.59 Å². The lowest BCUT2D eigenvalue weighted by Gasteiger charge is -2.33. The van der Waals surface area contributed by atoms with Crippen LogP contribution in [0.3, 0.4) is 0 Å². The second-order valence-electron chi connectivity index (χ2n) is 6.96. The Balaban J connectivity index is 1.78. The number of hydrogen-bond acceptors (Lipinski definition) is 5. The van der Waals surface area contributed by atoms with Crippen molar-refractivity contribution in [1.29, 1.82) is 0 Å². The van der Waals surface area contributed by atoms with Crippen molar-refractivity contribution in [2.45, 2.75) is 39.2 Å². The lowest BCUT2D eigenvalue weighted by atomic mass is 9.98. The van der Waals surface area contributed by atoms with Crippen LogP contribution >= 0.6 is 0 Å². The van der Waals surface area contributed by atoms with Gasteiger partial charge in [0.25, 0.3) is 5.91 Å². The Kier molecular flexibility index (Phi) is 5.64. The fourth-order valence-electron chi connectivity index (χ4n) is 2.46. The molecule has 1 aliphatic heterocycles. The van der Waals surface area contributed by atoms with Crippen molar-refractivity contribution in [3.05, 3.63) is 24.0 Å². The molecule has 0 spiro atoms. The number of aromatic nitrogens is 1. The van der Waals surface area contributed by atoms with Gasteiger partial charge in [-0.1, -0.05) is 0 Å². The molecule has 7 heteroatoms. The van der Waals surface area contributed by atoms with E-state index in [2.05, 4.69) is 4.98 Å². The van der Waals surface area contributed by atoms with Gasteiger partial charge in [-0.15, -0.1) is 0 Å². The average Bonchev–Trinajstić information content (AvgIpc) is 2.52. The minimum Gasteiger partial charge on any atom is -0.493 e. The normalized spacial score (nSPS) is 15.9. The number of hydrogen-bond donors (Lipinski definition) is 1. The van der Waals surface area contributed by atoms with Crippen molar-refractivity contribution < 1.29 is 19.1 Å². The quantitative estimate of drug-likeness (QED) is 0.910. The second kappa shape index (κ2) is 7.51. The predicted molar refractivity (Wildman–Crippen MR) is 88.8 cm³/mol. The van der Waals surface area contributed by atoms with Crippen LogP contribution in [-0.4, -0.2) is 47.2 Å². The molecule has 2 amide bonds. The van der Waals surface area contributed by atoms with E-state index in [1.807, 2.05) is 20.8 Å². The summed E-state index contributed by atoms with van der Waals surface area (Å²) in [6.07, 6.45) is 2.95. The molecule has 1 aliphatic rings. The first-order valence-corrected chi connectivity index (χ1v) is 8.11. The summed E-state index contributed by atoms with van der Waals surface area (Å²) in [6.45, 7) is 7.43. The number of amides is 2. The van der Waals surface area contributed by atoms with E-state index in [0.717, 1.165) is 12.8 Å². The van der Waals surface area contributed by atoms with Crippen molar-refractivity contribution in [2.75, 3.05) is 19.7 Å². The molecule has 1 saturated heterocycles. The maximum atomic E-state index is 12.0. The van der Waals surface area contributed by atoms with Crippen LogP contribution in [0.25, 0.3) is 0 Å². The van der Waals surface area contributed by atoms with Crippen LogP contribution in [0.4, 0.5) is 4.79 Å². The van der Waals surface area contributed by atoms with Gasteiger partial charge in [0.15, 0.2) is 0 Å². The zero-order valence-corrected chi connectivity index (χ0v) is 14.4. The van der Waals surface area contributed by atoms with Gasteiger partial charge in [0.1, 0.15) is 17.0 Å². The Morgan fingerprint density at radius 3 is 2.58 bits per heavy atom. The minimum atomic E-state index is -0.578. The zero-order valence-electron chi connectivity index (χ0n) is 14.4. The third-order valence-electron chi connectivity index (χ3n) is 3.74. The smallest absolute Gasteiger partial charge is 0.410 e. The molecule has 2 heterocycles. The third kappa shape index (κ3) is 5.40. The van der Waals surface area contributed by atoms with E-state index in [1.54, 1.807) is 11.0 Å². The number of piperidine rings is 1. The summed E-state index contributed by atoms with van der Waals surface area (Å²) >= 11 is 0.